The Hall–Kier alpha value is -1.60. The number of carbonyl (C=O) groups excluding carboxylic acids is 2. The average molecular weight is 556 g/mol. The molecule has 0 aromatic carbocycles. The first-order valence-electron chi connectivity index (χ1n) is 15.5. The van der Waals surface area contributed by atoms with Crippen LogP contribution in [0.25, 0.3) is 0 Å². The number of ether oxygens (including phenoxy) is 4. The van der Waals surface area contributed by atoms with Gasteiger partial charge in [-0.2, -0.15) is 0 Å². The predicted molar refractivity (Wildman–Crippen MR) is 160 cm³/mol. The number of unbranched alkanes of at least 4 members (excludes halogenated alkanes) is 11. The summed E-state index contributed by atoms with van der Waals surface area (Å²) < 4.78 is 20.8. The smallest absolute Gasteiger partial charge is 0.407 e. The van der Waals surface area contributed by atoms with Crippen molar-refractivity contribution < 1.29 is 28.5 Å². The van der Waals surface area contributed by atoms with E-state index >= 15 is 0 Å². The van der Waals surface area contributed by atoms with Gasteiger partial charge < -0.3 is 24.3 Å². The molecule has 7 heteroatoms. The summed E-state index contributed by atoms with van der Waals surface area (Å²) in [5.41, 5.74) is 0.0451. The van der Waals surface area contributed by atoms with Crippen molar-refractivity contribution in [2.45, 2.75) is 124 Å². The fourth-order valence-corrected chi connectivity index (χ4v) is 3.95. The molecule has 0 aliphatic heterocycles. The number of alkyl carbamates (subject to hydrolysis) is 1. The van der Waals surface area contributed by atoms with Crippen molar-refractivity contribution in [3.8, 4) is 0 Å². The van der Waals surface area contributed by atoms with Gasteiger partial charge in [0.2, 0.25) is 0 Å². The lowest BCUT2D eigenvalue weighted by molar-refractivity contribution is -0.146. The summed E-state index contributed by atoms with van der Waals surface area (Å²) in [6.45, 7) is 11.4. The van der Waals surface area contributed by atoms with Crippen LogP contribution in [0.15, 0.2) is 12.2 Å². The molecule has 0 spiro atoms. The Morgan fingerprint density at radius 3 is 1.97 bits per heavy atom. The lowest BCUT2D eigenvalue weighted by Gasteiger charge is -2.17. The summed E-state index contributed by atoms with van der Waals surface area (Å²) in [5.74, 6) is 0.337. The van der Waals surface area contributed by atoms with Crippen LogP contribution in [0.1, 0.15) is 124 Å². The third-order valence-corrected chi connectivity index (χ3v) is 6.35. The van der Waals surface area contributed by atoms with Crippen LogP contribution in [0.3, 0.4) is 0 Å². The van der Waals surface area contributed by atoms with E-state index in [2.05, 4.69) is 45.2 Å². The highest BCUT2D eigenvalue weighted by Crippen LogP contribution is 2.15. The second kappa shape index (κ2) is 26.6. The zero-order valence-electron chi connectivity index (χ0n) is 26.0. The van der Waals surface area contributed by atoms with Crippen molar-refractivity contribution in [2.75, 3.05) is 46.7 Å². The minimum absolute atomic E-state index is 0.0451. The zero-order chi connectivity index (χ0) is 29.0. The zero-order valence-corrected chi connectivity index (χ0v) is 26.0. The van der Waals surface area contributed by atoms with Gasteiger partial charge in [-0.25, -0.2) is 4.79 Å². The summed E-state index contributed by atoms with van der Waals surface area (Å²) in [7, 11) is 1.63. The second-order valence-corrected chi connectivity index (χ2v) is 11.9. The van der Waals surface area contributed by atoms with Crippen LogP contribution in [0.2, 0.25) is 0 Å². The van der Waals surface area contributed by atoms with Crippen LogP contribution in [-0.2, 0) is 23.7 Å². The highest BCUT2D eigenvalue weighted by Gasteiger charge is 2.13. The van der Waals surface area contributed by atoms with Crippen LogP contribution in [0.4, 0.5) is 4.79 Å². The summed E-state index contributed by atoms with van der Waals surface area (Å²) in [6, 6.07) is 0. The first kappa shape index (κ1) is 37.4. The number of hydrogen-bond donors (Lipinski definition) is 1. The van der Waals surface area contributed by atoms with Crippen LogP contribution in [0, 0.1) is 11.3 Å². The Morgan fingerprint density at radius 1 is 0.769 bits per heavy atom. The van der Waals surface area contributed by atoms with Gasteiger partial charge in [-0.05, 0) is 49.9 Å². The molecule has 1 atom stereocenters. The molecule has 1 unspecified atom stereocenters. The maximum Gasteiger partial charge on any atom is 0.407 e. The van der Waals surface area contributed by atoms with Crippen molar-refractivity contribution in [3.05, 3.63) is 12.2 Å². The highest BCUT2D eigenvalue weighted by atomic mass is 16.6. The Kier molecular flexibility index (Phi) is 25.5. The summed E-state index contributed by atoms with van der Waals surface area (Å²) >= 11 is 0. The number of esters is 1. The molecule has 0 aromatic heterocycles. The van der Waals surface area contributed by atoms with E-state index in [1.165, 1.54) is 70.6 Å². The van der Waals surface area contributed by atoms with E-state index in [4.69, 9.17) is 18.9 Å². The van der Waals surface area contributed by atoms with E-state index in [-0.39, 0.29) is 17.5 Å². The molecular formula is C32H61NO6. The Balaban J connectivity index is 3.36. The van der Waals surface area contributed by atoms with Crippen molar-refractivity contribution in [2.24, 2.45) is 11.3 Å². The van der Waals surface area contributed by atoms with Crippen LogP contribution >= 0.6 is 0 Å². The van der Waals surface area contributed by atoms with Crippen molar-refractivity contribution in [1.29, 1.82) is 0 Å². The van der Waals surface area contributed by atoms with E-state index < -0.39 is 0 Å². The number of amides is 1. The van der Waals surface area contributed by atoms with E-state index in [1.807, 2.05) is 0 Å². The van der Waals surface area contributed by atoms with E-state index in [1.54, 1.807) is 7.11 Å². The molecule has 0 heterocycles. The van der Waals surface area contributed by atoms with Gasteiger partial charge in [0.1, 0.15) is 0 Å². The minimum Gasteiger partial charge on any atom is -0.465 e. The summed E-state index contributed by atoms with van der Waals surface area (Å²) in [5, 5.41) is 2.70. The number of methoxy groups -OCH3 is 1. The Labute approximate surface area is 240 Å². The standard InChI is InChI=1S/C32H61NO6/c1-29(27-38-31(35)33-23-24-37-26-25-36-5)21-19-17-15-13-11-9-7-6-8-10-12-14-16-18-20-22-30(34)39-28-32(2,3)4/h6,8,29H,7,9-28H2,1-5H3,(H,33,35)/b8-6-. The van der Waals surface area contributed by atoms with Gasteiger partial charge in [-0.3, -0.25) is 4.79 Å². The maximum atomic E-state index is 11.7. The molecule has 0 aliphatic rings. The first-order chi connectivity index (χ1) is 18.7. The molecule has 230 valence electrons. The molecule has 0 radical (unpaired) electrons. The van der Waals surface area contributed by atoms with Gasteiger partial charge in [0.05, 0.1) is 33.0 Å². The fraction of sp³-hybridized carbons (Fsp3) is 0.875. The third kappa shape index (κ3) is 30.8. The Morgan fingerprint density at radius 2 is 1.36 bits per heavy atom. The van der Waals surface area contributed by atoms with Gasteiger partial charge in [0.15, 0.2) is 0 Å². The SMILES string of the molecule is COCCOCCNC(=O)OCC(C)CCCCCCCC/C=C\CCCCCCCC(=O)OCC(C)(C)C. The lowest BCUT2D eigenvalue weighted by atomic mass is 9.99. The van der Waals surface area contributed by atoms with Crippen molar-refractivity contribution >= 4 is 12.1 Å². The van der Waals surface area contributed by atoms with Gasteiger partial charge in [-0.15, -0.1) is 0 Å². The normalized spacial score (nSPS) is 12.5. The molecule has 0 saturated heterocycles. The van der Waals surface area contributed by atoms with E-state index in [9.17, 15) is 9.59 Å². The third-order valence-electron chi connectivity index (χ3n) is 6.35. The van der Waals surface area contributed by atoms with Gasteiger partial charge in [-0.1, -0.05) is 91.2 Å². The number of carbonyl (C=O) groups is 2. The topological polar surface area (TPSA) is 83.1 Å². The molecular weight excluding hydrogens is 494 g/mol. The van der Waals surface area contributed by atoms with Gasteiger partial charge in [0, 0.05) is 20.1 Å². The van der Waals surface area contributed by atoms with Crippen molar-refractivity contribution in [1.82, 2.24) is 5.32 Å². The van der Waals surface area contributed by atoms with Crippen molar-refractivity contribution in [3.63, 3.8) is 0 Å². The number of hydrogen-bond acceptors (Lipinski definition) is 6. The summed E-state index contributed by atoms with van der Waals surface area (Å²) in [4.78, 5) is 23.4. The molecule has 39 heavy (non-hydrogen) atoms. The molecule has 0 fully saturated rings. The molecule has 0 rings (SSSR count). The van der Waals surface area contributed by atoms with E-state index in [0.29, 0.717) is 51.9 Å². The minimum atomic E-state index is -0.367. The molecule has 1 N–H and O–H groups in total. The molecule has 0 bridgehead atoms. The molecule has 1 amide bonds. The monoisotopic (exact) mass is 555 g/mol. The second-order valence-electron chi connectivity index (χ2n) is 11.9. The summed E-state index contributed by atoms with van der Waals surface area (Å²) in [6.07, 6.45) is 21.7. The largest absolute Gasteiger partial charge is 0.465 e. The lowest BCUT2D eigenvalue weighted by Crippen LogP contribution is -2.29. The van der Waals surface area contributed by atoms with Gasteiger partial charge >= 0.3 is 12.1 Å². The average Bonchev–Trinajstić information content (AvgIpc) is 2.89. The first-order valence-corrected chi connectivity index (χ1v) is 15.5. The fourth-order valence-electron chi connectivity index (χ4n) is 3.95. The maximum absolute atomic E-state index is 11.7. The highest BCUT2D eigenvalue weighted by molar-refractivity contribution is 5.69. The van der Waals surface area contributed by atoms with E-state index in [0.717, 1.165) is 19.3 Å². The number of nitrogens with one attached hydrogen (secondary N) is 1. The van der Waals surface area contributed by atoms with Crippen LogP contribution in [-0.4, -0.2) is 58.8 Å². The predicted octanol–water partition coefficient (Wildman–Crippen LogP) is 8.01. The Bertz CT molecular complexity index is 602. The number of rotatable bonds is 26. The van der Waals surface area contributed by atoms with Crippen LogP contribution < -0.4 is 5.32 Å². The molecule has 0 saturated carbocycles. The number of allylic oxidation sites excluding steroid dienone is 2. The van der Waals surface area contributed by atoms with Gasteiger partial charge in [0.25, 0.3) is 0 Å². The molecule has 7 nitrogen and oxygen atoms in total. The molecule has 0 aromatic rings. The van der Waals surface area contributed by atoms with Crippen LogP contribution in [0.5, 0.6) is 0 Å². The quantitative estimate of drug-likeness (QED) is 0.0661. The molecule has 0 aliphatic carbocycles.